The Kier molecular flexibility index (Phi) is 4.09. The molecule has 0 aliphatic carbocycles. The Hall–Kier alpha value is -0.280. The van der Waals surface area contributed by atoms with Gasteiger partial charge in [0, 0.05) is 28.6 Å². The molecule has 2 nitrogen and oxygen atoms in total. The summed E-state index contributed by atoms with van der Waals surface area (Å²) >= 11 is 12.1. The van der Waals surface area contributed by atoms with Crippen molar-refractivity contribution in [1.29, 1.82) is 0 Å². The molecule has 1 aliphatic heterocycles. The molecule has 0 radical (unpaired) electrons. The first-order valence-electron chi connectivity index (χ1n) is 5.44. The lowest BCUT2D eigenvalue weighted by Crippen LogP contribution is -2.39. The van der Waals surface area contributed by atoms with Gasteiger partial charge in [-0.15, -0.1) is 0 Å². The smallest absolute Gasteiger partial charge is 0.0512 e. The summed E-state index contributed by atoms with van der Waals surface area (Å²) in [5.41, 5.74) is 7.11. The molecule has 0 bridgehead atoms. The Morgan fingerprint density at radius 1 is 1.38 bits per heavy atom. The van der Waals surface area contributed by atoms with Crippen molar-refractivity contribution in [2.24, 2.45) is 11.7 Å². The summed E-state index contributed by atoms with van der Waals surface area (Å²) in [6, 6.07) is 5.73. The van der Waals surface area contributed by atoms with Gasteiger partial charge < -0.3 is 10.5 Å². The molecule has 0 spiro atoms. The van der Waals surface area contributed by atoms with Crippen LogP contribution < -0.4 is 5.73 Å². The lowest BCUT2D eigenvalue weighted by Gasteiger charge is -2.29. The maximum absolute atomic E-state index is 6.12. The van der Waals surface area contributed by atoms with Gasteiger partial charge in [0.1, 0.15) is 0 Å². The fraction of sp³-hybridized carbons (Fsp3) is 0.500. The fourth-order valence-electron chi connectivity index (χ4n) is 2.01. The number of nitrogens with two attached hydrogens (primary N) is 1. The maximum atomic E-state index is 6.12. The van der Waals surface area contributed by atoms with Gasteiger partial charge in [-0.2, -0.15) is 0 Å². The number of rotatable bonds is 2. The van der Waals surface area contributed by atoms with Gasteiger partial charge in [-0.1, -0.05) is 23.2 Å². The monoisotopic (exact) mass is 259 g/mol. The molecule has 1 heterocycles. The van der Waals surface area contributed by atoms with Crippen molar-refractivity contribution >= 4 is 23.2 Å². The molecule has 88 valence electrons. The van der Waals surface area contributed by atoms with Gasteiger partial charge in [0.25, 0.3) is 0 Å². The minimum absolute atomic E-state index is 0.198. The number of hydrogen-bond donors (Lipinski definition) is 1. The average Bonchev–Trinajstić information content (AvgIpc) is 2.27. The van der Waals surface area contributed by atoms with Crippen molar-refractivity contribution in [3.05, 3.63) is 33.8 Å². The van der Waals surface area contributed by atoms with Crippen molar-refractivity contribution in [2.75, 3.05) is 13.2 Å². The first kappa shape index (κ1) is 12.2. The minimum Gasteiger partial charge on any atom is -0.381 e. The molecule has 0 saturated carbocycles. The minimum atomic E-state index is 0.198. The molecule has 0 aromatic heterocycles. The molecule has 1 aromatic carbocycles. The van der Waals surface area contributed by atoms with Crippen LogP contribution in [0.25, 0.3) is 0 Å². The zero-order valence-electron chi connectivity index (χ0n) is 8.96. The second-order valence-electron chi connectivity index (χ2n) is 4.23. The predicted molar refractivity (Wildman–Crippen MR) is 67.1 cm³/mol. The summed E-state index contributed by atoms with van der Waals surface area (Å²) < 4.78 is 5.44. The van der Waals surface area contributed by atoms with Crippen LogP contribution in [0.15, 0.2) is 18.2 Å². The molecule has 1 fully saturated rings. The Morgan fingerprint density at radius 2 is 2.19 bits per heavy atom. The van der Waals surface area contributed by atoms with Crippen molar-refractivity contribution < 1.29 is 4.74 Å². The Morgan fingerprint density at radius 3 is 2.94 bits per heavy atom. The van der Waals surface area contributed by atoms with Gasteiger partial charge in [-0.25, -0.2) is 0 Å². The van der Waals surface area contributed by atoms with E-state index >= 15 is 0 Å². The van der Waals surface area contributed by atoms with E-state index in [1.165, 1.54) is 0 Å². The first-order valence-corrected chi connectivity index (χ1v) is 6.19. The largest absolute Gasteiger partial charge is 0.381 e. The van der Waals surface area contributed by atoms with E-state index < -0.39 is 0 Å². The summed E-state index contributed by atoms with van der Waals surface area (Å²) in [5, 5.41) is 1.46. The molecule has 16 heavy (non-hydrogen) atoms. The second kappa shape index (κ2) is 5.37. The lowest BCUT2D eigenvalue weighted by molar-refractivity contribution is 0.0422. The van der Waals surface area contributed by atoms with E-state index in [2.05, 4.69) is 0 Å². The number of ether oxygens (including phenoxy) is 1. The Balaban J connectivity index is 2.10. The van der Waals surface area contributed by atoms with Crippen LogP contribution in [0.5, 0.6) is 0 Å². The maximum Gasteiger partial charge on any atom is 0.0512 e. The third-order valence-corrected chi connectivity index (χ3v) is 3.63. The van der Waals surface area contributed by atoms with E-state index in [0.29, 0.717) is 17.5 Å². The van der Waals surface area contributed by atoms with Gasteiger partial charge >= 0.3 is 0 Å². The molecule has 0 unspecified atom stereocenters. The van der Waals surface area contributed by atoms with Crippen molar-refractivity contribution in [3.63, 3.8) is 0 Å². The molecule has 1 saturated heterocycles. The van der Waals surface area contributed by atoms with Gasteiger partial charge in [-0.05, 0) is 36.6 Å². The van der Waals surface area contributed by atoms with E-state index in [0.717, 1.165) is 30.0 Å². The zero-order valence-corrected chi connectivity index (χ0v) is 10.5. The van der Waals surface area contributed by atoms with Gasteiger partial charge in [0.05, 0.1) is 6.61 Å². The summed E-state index contributed by atoms with van der Waals surface area (Å²) in [6.45, 7) is 1.48. The molecular formula is C12H15Cl2NO. The zero-order chi connectivity index (χ0) is 11.5. The topological polar surface area (TPSA) is 35.2 Å². The van der Waals surface area contributed by atoms with E-state index in [-0.39, 0.29) is 6.04 Å². The summed E-state index contributed by atoms with van der Waals surface area (Å²) in [5.74, 6) is 0.338. The Labute approximate surface area is 106 Å². The van der Waals surface area contributed by atoms with Crippen molar-refractivity contribution in [1.82, 2.24) is 0 Å². The van der Waals surface area contributed by atoms with E-state index in [1.54, 1.807) is 6.07 Å². The highest BCUT2D eigenvalue weighted by Crippen LogP contribution is 2.25. The summed E-state index contributed by atoms with van der Waals surface area (Å²) in [4.78, 5) is 0. The standard InChI is InChI=1S/C12H15Cl2NO/c13-10-1-2-11(14)8(6-10)5-9-7-16-4-3-12(9)15/h1-2,6,9,12H,3-5,7,15H2/t9-,12-/m0/s1. The van der Waals surface area contributed by atoms with Crippen molar-refractivity contribution in [3.8, 4) is 0 Å². The number of benzene rings is 1. The van der Waals surface area contributed by atoms with E-state index in [9.17, 15) is 0 Å². The average molecular weight is 260 g/mol. The summed E-state index contributed by atoms with van der Waals surface area (Å²) in [6.07, 6.45) is 1.75. The molecular weight excluding hydrogens is 245 g/mol. The molecule has 2 atom stereocenters. The van der Waals surface area contributed by atoms with E-state index in [1.807, 2.05) is 12.1 Å². The van der Waals surface area contributed by atoms with Crippen LogP contribution in [-0.2, 0) is 11.2 Å². The van der Waals surface area contributed by atoms with E-state index in [4.69, 9.17) is 33.7 Å². The lowest BCUT2D eigenvalue weighted by atomic mass is 9.90. The highest BCUT2D eigenvalue weighted by molar-refractivity contribution is 6.33. The van der Waals surface area contributed by atoms with Gasteiger partial charge in [0.15, 0.2) is 0 Å². The summed E-state index contributed by atoms with van der Waals surface area (Å²) in [7, 11) is 0. The molecule has 1 aliphatic rings. The van der Waals surface area contributed by atoms with Crippen LogP contribution in [0, 0.1) is 5.92 Å². The first-order chi connectivity index (χ1) is 7.66. The van der Waals surface area contributed by atoms with Crippen LogP contribution in [0.4, 0.5) is 0 Å². The van der Waals surface area contributed by atoms with Gasteiger partial charge in [0.2, 0.25) is 0 Å². The normalized spacial score (nSPS) is 25.7. The molecule has 2 rings (SSSR count). The third kappa shape index (κ3) is 2.89. The van der Waals surface area contributed by atoms with Crippen LogP contribution >= 0.6 is 23.2 Å². The van der Waals surface area contributed by atoms with Crippen LogP contribution in [0.3, 0.4) is 0 Å². The number of hydrogen-bond acceptors (Lipinski definition) is 2. The molecule has 0 amide bonds. The number of halogens is 2. The molecule has 2 N–H and O–H groups in total. The highest BCUT2D eigenvalue weighted by atomic mass is 35.5. The highest BCUT2D eigenvalue weighted by Gasteiger charge is 2.23. The fourth-order valence-corrected chi connectivity index (χ4v) is 2.40. The van der Waals surface area contributed by atoms with Crippen molar-refractivity contribution in [2.45, 2.75) is 18.9 Å². The van der Waals surface area contributed by atoms with Crippen LogP contribution in [0.2, 0.25) is 10.0 Å². The SMILES string of the molecule is N[C@H]1CCOC[C@@H]1Cc1cc(Cl)ccc1Cl. The quantitative estimate of drug-likeness (QED) is 0.887. The van der Waals surface area contributed by atoms with Gasteiger partial charge in [-0.3, -0.25) is 0 Å². The van der Waals surface area contributed by atoms with Crippen LogP contribution in [0.1, 0.15) is 12.0 Å². The predicted octanol–water partition coefficient (Wildman–Crippen LogP) is 2.90. The Bertz CT molecular complexity index is 370. The molecule has 4 heteroatoms. The van der Waals surface area contributed by atoms with Crippen LogP contribution in [-0.4, -0.2) is 19.3 Å². The third-order valence-electron chi connectivity index (χ3n) is 3.02. The molecule has 1 aromatic rings. The second-order valence-corrected chi connectivity index (χ2v) is 5.07.